The first kappa shape index (κ1) is 13.5. The van der Waals surface area contributed by atoms with Crippen LogP contribution in [0, 0.1) is 20.8 Å². The molecule has 2 heteroatoms. The van der Waals surface area contributed by atoms with Gasteiger partial charge < -0.3 is 9.47 Å². The van der Waals surface area contributed by atoms with E-state index in [0.717, 1.165) is 17.1 Å². The summed E-state index contributed by atoms with van der Waals surface area (Å²) in [6.07, 6.45) is 0. The smallest absolute Gasteiger partial charge is 0.122 e. The SMILES string of the molecule is Cc1ccc(OCCOc2cc(C)ccc2C)cc1. The van der Waals surface area contributed by atoms with Crippen molar-refractivity contribution in [3.8, 4) is 11.5 Å². The lowest BCUT2D eigenvalue weighted by Crippen LogP contribution is -2.09. The predicted octanol–water partition coefficient (Wildman–Crippen LogP) is 4.07. The molecule has 0 spiro atoms. The van der Waals surface area contributed by atoms with E-state index in [1.165, 1.54) is 11.1 Å². The number of rotatable bonds is 5. The van der Waals surface area contributed by atoms with Crippen LogP contribution in [0.3, 0.4) is 0 Å². The van der Waals surface area contributed by atoms with Gasteiger partial charge in [-0.3, -0.25) is 0 Å². The summed E-state index contributed by atoms with van der Waals surface area (Å²) >= 11 is 0. The van der Waals surface area contributed by atoms with Crippen LogP contribution < -0.4 is 9.47 Å². The van der Waals surface area contributed by atoms with E-state index in [4.69, 9.17) is 9.47 Å². The number of hydrogen-bond donors (Lipinski definition) is 0. The zero-order valence-corrected chi connectivity index (χ0v) is 11.8. The summed E-state index contributed by atoms with van der Waals surface area (Å²) < 4.78 is 11.4. The van der Waals surface area contributed by atoms with Crippen molar-refractivity contribution in [3.63, 3.8) is 0 Å². The number of ether oxygens (including phenoxy) is 2. The van der Waals surface area contributed by atoms with Gasteiger partial charge in [0.25, 0.3) is 0 Å². The third kappa shape index (κ3) is 4.02. The van der Waals surface area contributed by atoms with Gasteiger partial charge in [-0.15, -0.1) is 0 Å². The second-order valence-corrected chi connectivity index (χ2v) is 4.78. The molecule has 19 heavy (non-hydrogen) atoms. The van der Waals surface area contributed by atoms with Crippen LogP contribution in [0.4, 0.5) is 0 Å². The fraction of sp³-hybridized carbons (Fsp3) is 0.294. The molecule has 2 nitrogen and oxygen atoms in total. The Morgan fingerprint density at radius 2 is 1.37 bits per heavy atom. The van der Waals surface area contributed by atoms with E-state index in [-0.39, 0.29) is 0 Å². The van der Waals surface area contributed by atoms with Crippen molar-refractivity contribution in [2.24, 2.45) is 0 Å². The Morgan fingerprint density at radius 3 is 2.11 bits per heavy atom. The van der Waals surface area contributed by atoms with Crippen molar-refractivity contribution < 1.29 is 9.47 Å². The van der Waals surface area contributed by atoms with Crippen LogP contribution in [-0.4, -0.2) is 13.2 Å². The summed E-state index contributed by atoms with van der Waals surface area (Å²) in [5.41, 5.74) is 3.60. The van der Waals surface area contributed by atoms with Gasteiger partial charge in [0.15, 0.2) is 0 Å². The van der Waals surface area contributed by atoms with Crippen molar-refractivity contribution in [1.82, 2.24) is 0 Å². The molecule has 0 N–H and O–H groups in total. The van der Waals surface area contributed by atoms with Crippen LogP contribution in [0.2, 0.25) is 0 Å². The first-order valence-corrected chi connectivity index (χ1v) is 6.54. The first-order valence-electron chi connectivity index (χ1n) is 6.54. The van der Waals surface area contributed by atoms with E-state index < -0.39 is 0 Å². The average molecular weight is 256 g/mol. The molecule has 0 aliphatic heterocycles. The molecule has 0 saturated carbocycles. The molecular formula is C17H20O2. The molecule has 0 unspecified atom stereocenters. The summed E-state index contributed by atoms with van der Waals surface area (Å²) in [7, 11) is 0. The van der Waals surface area contributed by atoms with E-state index in [2.05, 4.69) is 39.0 Å². The highest BCUT2D eigenvalue weighted by atomic mass is 16.5. The van der Waals surface area contributed by atoms with Crippen LogP contribution in [0.5, 0.6) is 11.5 Å². The van der Waals surface area contributed by atoms with E-state index in [0.29, 0.717) is 13.2 Å². The topological polar surface area (TPSA) is 18.5 Å². The lowest BCUT2D eigenvalue weighted by Gasteiger charge is -2.11. The maximum Gasteiger partial charge on any atom is 0.122 e. The molecule has 0 heterocycles. The Hall–Kier alpha value is -1.96. The number of aryl methyl sites for hydroxylation is 3. The Labute approximate surface area is 115 Å². The van der Waals surface area contributed by atoms with Crippen molar-refractivity contribution in [2.75, 3.05) is 13.2 Å². The minimum Gasteiger partial charge on any atom is -0.490 e. The second-order valence-electron chi connectivity index (χ2n) is 4.78. The maximum atomic E-state index is 5.74. The summed E-state index contributed by atoms with van der Waals surface area (Å²) in [6, 6.07) is 14.3. The molecule has 0 amide bonds. The molecule has 0 fully saturated rings. The summed E-state index contributed by atoms with van der Waals surface area (Å²) in [5.74, 6) is 1.82. The van der Waals surface area contributed by atoms with Gasteiger partial charge >= 0.3 is 0 Å². The third-order valence-electron chi connectivity index (χ3n) is 2.97. The van der Waals surface area contributed by atoms with Gasteiger partial charge in [-0.2, -0.15) is 0 Å². The van der Waals surface area contributed by atoms with Gasteiger partial charge in [-0.05, 0) is 50.1 Å². The molecule has 0 bridgehead atoms. The van der Waals surface area contributed by atoms with Gasteiger partial charge in [0.05, 0.1) is 0 Å². The zero-order valence-electron chi connectivity index (χ0n) is 11.8. The molecular weight excluding hydrogens is 236 g/mol. The molecule has 2 aromatic carbocycles. The van der Waals surface area contributed by atoms with Crippen molar-refractivity contribution >= 4 is 0 Å². The van der Waals surface area contributed by atoms with E-state index in [1.807, 2.05) is 24.3 Å². The van der Waals surface area contributed by atoms with Crippen LogP contribution in [0.1, 0.15) is 16.7 Å². The monoisotopic (exact) mass is 256 g/mol. The van der Waals surface area contributed by atoms with Gasteiger partial charge in [-0.25, -0.2) is 0 Å². The van der Waals surface area contributed by atoms with E-state index >= 15 is 0 Å². The Bertz CT molecular complexity index is 529. The van der Waals surface area contributed by atoms with Crippen LogP contribution in [0.25, 0.3) is 0 Å². The minimum absolute atomic E-state index is 0.552. The quantitative estimate of drug-likeness (QED) is 0.751. The molecule has 0 aliphatic rings. The van der Waals surface area contributed by atoms with Gasteiger partial charge in [-0.1, -0.05) is 29.8 Å². The summed E-state index contributed by atoms with van der Waals surface area (Å²) in [6.45, 7) is 7.28. The van der Waals surface area contributed by atoms with Crippen LogP contribution in [-0.2, 0) is 0 Å². The van der Waals surface area contributed by atoms with Crippen LogP contribution >= 0.6 is 0 Å². The Kier molecular flexibility index (Phi) is 4.45. The predicted molar refractivity (Wildman–Crippen MR) is 78.1 cm³/mol. The zero-order chi connectivity index (χ0) is 13.7. The number of hydrogen-bond acceptors (Lipinski definition) is 2. The molecule has 0 aliphatic carbocycles. The molecule has 0 atom stereocenters. The fourth-order valence-corrected chi connectivity index (χ4v) is 1.81. The molecule has 0 radical (unpaired) electrons. The molecule has 2 aromatic rings. The molecule has 0 aromatic heterocycles. The van der Waals surface area contributed by atoms with Crippen molar-refractivity contribution in [3.05, 3.63) is 59.2 Å². The maximum absolute atomic E-state index is 5.74. The number of benzene rings is 2. The average Bonchev–Trinajstić information content (AvgIpc) is 2.40. The highest BCUT2D eigenvalue weighted by Gasteiger charge is 2.00. The molecule has 2 rings (SSSR count). The highest BCUT2D eigenvalue weighted by molar-refractivity contribution is 5.36. The minimum atomic E-state index is 0.552. The van der Waals surface area contributed by atoms with Gasteiger partial charge in [0, 0.05) is 0 Å². The van der Waals surface area contributed by atoms with E-state index in [1.54, 1.807) is 0 Å². The van der Waals surface area contributed by atoms with Crippen LogP contribution in [0.15, 0.2) is 42.5 Å². The van der Waals surface area contributed by atoms with Gasteiger partial charge in [0.2, 0.25) is 0 Å². The van der Waals surface area contributed by atoms with Crippen molar-refractivity contribution in [1.29, 1.82) is 0 Å². The summed E-state index contributed by atoms with van der Waals surface area (Å²) in [5, 5.41) is 0. The highest BCUT2D eigenvalue weighted by Crippen LogP contribution is 2.19. The lowest BCUT2D eigenvalue weighted by atomic mass is 10.1. The largest absolute Gasteiger partial charge is 0.490 e. The normalized spacial score (nSPS) is 10.3. The fourth-order valence-electron chi connectivity index (χ4n) is 1.81. The standard InChI is InChI=1S/C17H20O2/c1-13-5-8-16(9-6-13)18-10-11-19-17-12-14(2)4-7-15(17)3/h4-9,12H,10-11H2,1-3H3. The first-order chi connectivity index (χ1) is 9.15. The Morgan fingerprint density at radius 1 is 0.737 bits per heavy atom. The van der Waals surface area contributed by atoms with Crippen molar-refractivity contribution in [2.45, 2.75) is 20.8 Å². The molecule has 0 saturated heterocycles. The lowest BCUT2D eigenvalue weighted by molar-refractivity contribution is 0.216. The Balaban J connectivity index is 1.80. The van der Waals surface area contributed by atoms with Gasteiger partial charge in [0.1, 0.15) is 24.7 Å². The third-order valence-corrected chi connectivity index (χ3v) is 2.97. The second kappa shape index (κ2) is 6.28. The summed E-state index contributed by atoms with van der Waals surface area (Å²) in [4.78, 5) is 0. The van der Waals surface area contributed by atoms with E-state index in [9.17, 15) is 0 Å². The molecule has 100 valence electrons.